The zero-order chi connectivity index (χ0) is 11.4. The van der Waals surface area contributed by atoms with Crippen LogP contribution in [0.2, 0.25) is 0 Å². The summed E-state index contributed by atoms with van der Waals surface area (Å²) in [6, 6.07) is 8.62. The topological polar surface area (TPSA) is 20.2 Å². The molecule has 0 aliphatic heterocycles. The van der Waals surface area contributed by atoms with Gasteiger partial charge in [-0.1, -0.05) is 45.0 Å². The third-order valence-corrected chi connectivity index (χ3v) is 2.87. The molecular weight excluding hydrogens is 184 g/mol. The third-order valence-electron chi connectivity index (χ3n) is 2.87. The summed E-state index contributed by atoms with van der Waals surface area (Å²) < 4.78 is 0. The van der Waals surface area contributed by atoms with Crippen molar-refractivity contribution in [2.75, 3.05) is 0 Å². The lowest BCUT2D eigenvalue weighted by atomic mass is 9.94. The van der Waals surface area contributed by atoms with Crippen LogP contribution in [0.15, 0.2) is 24.3 Å². The number of rotatable bonds is 4. The first-order valence-electron chi connectivity index (χ1n) is 5.77. The van der Waals surface area contributed by atoms with Crippen LogP contribution in [0.4, 0.5) is 0 Å². The smallest absolute Gasteiger partial charge is 0.0577 e. The molecule has 1 nitrogen and oxygen atoms in total. The van der Waals surface area contributed by atoms with Crippen molar-refractivity contribution in [2.24, 2.45) is 5.92 Å². The van der Waals surface area contributed by atoms with Gasteiger partial charge in [0.1, 0.15) is 0 Å². The van der Waals surface area contributed by atoms with Crippen LogP contribution in [0.1, 0.15) is 44.7 Å². The van der Waals surface area contributed by atoms with E-state index in [-0.39, 0.29) is 12.0 Å². The molecule has 1 rings (SSSR count). The fourth-order valence-corrected chi connectivity index (χ4v) is 1.71. The summed E-state index contributed by atoms with van der Waals surface area (Å²) in [5.74, 6) is 0.920. The van der Waals surface area contributed by atoms with Gasteiger partial charge in [0.2, 0.25) is 0 Å². The zero-order valence-electron chi connectivity index (χ0n) is 10.2. The van der Waals surface area contributed by atoms with Crippen LogP contribution in [0.25, 0.3) is 0 Å². The lowest BCUT2D eigenvalue weighted by Gasteiger charge is -2.15. The Morgan fingerprint density at radius 2 is 1.53 bits per heavy atom. The van der Waals surface area contributed by atoms with Crippen LogP contribution < -0.4 is 0 Å². The van der Waals surface area contributed by atoms with Crippen LogP contribution >= 0.6 is 0 Å². The number of benzene rings is 1. The molecule has 0 bridgehead atoms. The maximum atomic E-state index is 9.49. The van der Waals surface area contributed by atoms with Crippen LogP contribution in [-0.4, -0.2) is 11.2 Å². The van der Waals surface area contributed by atoms with E-state index in [1.807, 2.05) is 6.92 Å². The summed E-state index contributed by atoms with van der Waals surface area (Å²) in [6.45, 7) is 8.35. The first kappa shape index (κ1) is 12.3. The van der Waals surface area contributed by atoms with Gasteiger partial charge >= 0.3 is 0 Å². The minimum atomic E-state index is -0.277. The molecule has 0 amide bonds. The monoisotopic (exact) mass is 206 g/mol. The number of aliphatic hydroxyl groups excluding tert-OH is 1. The van der Waals surface area contributed by atoms with Crippen molar-refractivity contribution in [3.05, 3.63) is 35.4 Å². The van der Waals surface area contributed by atoms with E-state index >= 15 is 0 Å². The number of hydrogen-bond donors (Lipinski definition) is 1. The Bertz CT molecular complexity index is 285. The molecule has 1 aromatic carbocycles. The molecule has 0 heterocycles. The van der Waals surface area contributed by atoms with E-state index < -0.39 is 0 Å². The highest BCUT2D eigenvalue weighted by Gasteiger charge is 2.10. The van der Waals surface area contributed by atoms with E-state index in [0.29, 0.717) is 5.92 Å². The molecule has 2 atom stereocenters. The normalized spacial score (nSPS) is 15.3. The molecule has 0 saturated carbocycles. The van der Waals surface area contributed by atoms with E-state index in [2.05, 4.69) is 45.0 Å². The van der Waals surface area contributed by atoms with Gasteiger partial charge in [-0.25, -0.2) is 0 Å². The van der Waals surface area contributed by atoms with E-state index in [1.165, 1.54) is 11.1 Å². The van der Waals surface area contributed by atoms with Crippen molar-refractivity contribution >= 4 is 0 Å². The van der Waals surface area contributed by atoms with Crippen LogP contribution in [-0.2, 0) is 6.42 Å². The molecule has 1 aromatic rings. The van der Waals surface area contributed by atoms with E-state index in [1.54, 1.807) is 0 Å². The van der Waals surface area contributed by atoms with Crippen molar-refractivity contribution in [1.82, 2.24) is 0 Å². The maximum Gasteiger partial charge on any atom is 0.0577 e. The molecule has 0 fully saturated rings. The summed E-state index contributed by atoms with van der Waals surface area (Å²) in [6.07, 6.45) is 0.851. The quantitative estimate of drug-likeness (QED) is 0.800. The van der Waals surface area contributed by atoms with Crippen molar-refractivity contribution in [2.45, 2.75) is 46.1 Å². The standard InChI is InChI=1S/C14H22O/c1-10(2)9-13-5-7-14(8-6-13)11(3)12(4)15/h5-8,10-12,15H,9H2,1-4H3/t11-,12+/m1/s1. The minimum absolute atomic E-state index is 0.220. The van der Waals surface area contributed by atoms with Gasteiger partial charge in [-0.3, -0.25) is 0 Å². The van der Waals surface area contributed by atoms with Crippen molar-refractivity contribution < 1.29 is 5.11 Å². The number of hydrogen-bond acceptors (Lipinski definition) is 1. The van der Waals surface area contributed by atoms with Crippen molar-refractivity contribution in [1.29, 1.82) is 0 Å². The van der Waals surface area contributed by atoms with Gasteiger partial charge in [-0.05, 0) is 30.4 Å². The number of aliphatic hydroxyl groups is 1. The molecule has 0 aliphatic rings. The first-order chi connectivity index (χ1) is 7.00. The molecule has 1 N–H and O–H groups in total. The SMILES string of the molecule is CC(C)Cc1ccc([C@H](C)[C@H](C)O)cc1. The molecule has 84 valence electrons. The van der Waals surface area contributed by atoms with E-state index in [0.717, 1.165) is 6.42 Å². The molecule has 0 unspecified atom stereocenters. The van der Waals surface area contributed by atoms with Crippen LogP contribution in [0, 0.1) is 5.92 Å². The molecular formula is C14H22O. The largest absolute Gasteiger partial charge is 0.393 e. The highest BCUT2D eigenvalue weighted by atomic mass is 16.3. The second kappa shape index (κ2) is 5.32. The maximum absolute atomic E-state index is 9.49. The van der Waals surface area contributed by atoms with Gasteiger partial charge in [0.25, 0.3) is 0 Å². The predicted molar refractivity (Wildman–Crippen MR) is 65.1 cm³/mol. The van der Waals surface area contributed by atoms with E-state index in [9.17, 15) is 5.11 Å². The lowest BCUT2D eigenvalue weighted by molar-refractivity contribution is 0.169. The Hall–Kier alpha value is -0.820. The molecule has 0 aliphatic carbocycles. The molecule has 15 heavy (non-hydrogen) atoms. The third kappa shape index (κ3) is 3.67. The summed E-state index contributed by atoms with van der Waals surface area (Å²) >= 11 is 0. The molecule has 0 saturated heterocycles. The molecule has 1 heteroatoms. The molecule has 0 aromatic heterocycles. The van der Waals surface area contributed by atoms with Gasteiger partial charge in [0.15, 0.2) is 0 Å². The fraction of sp³-hybridized carbons (Fsp3) is 0.571. The molecule has 0 spiro atoms. The van der Waals surface area contributed by atoms with Crippen LogP contribution in [0.5, 0.6) is 0 Å². The van der Waals surface area contributed by atoms with Gasteiger partial charge in [-0.15, -0.1) is 0 Å². The van der Waals surface area contributed by atoms with E-state index in [4.69, 9.17) is 0 Å². The van der Waals surface area contributed by atoms with Gasteiger partial charge in [0.05, 0.1) is 6.10 Å². The van der Waals surface area contributed by atoms with Gasteiger partial charge in [0, 0.05) is 5.92 Å². The Morgan fingerprint density at radius 1 is 1.00 bits per heavy atom. The van der Waals surface area contributed by atoms with Crippen LogP contribution in [0.3, 0.4) is 0 Å². The fourth-order valence-electron chi connectivity index (χ4n) is 1.71. The Kier molecular flexibility index (Phi) is 4.34. The second-order valence-electron chi connectivity index (χ2n) is 4.87. The predicted octanol–water partition coefficient (Wildman–Crippen LogP) is 3.37. The minimum Gasteiger partial charge on any atom is -0.393 e. The zero-order valence-corrected chi connectivity index (χ0v) is 10.2. The Balaban J connectivity index is 2.72. The lowest BCUT2D eigenvalue weighted by Crippen LogP contribution is -2.10. The Morgan fingerprint density at radius 3 is 1.93 bits per heavy atom. The Labute approximate surface area is 93.1 Å². The molecule has 0 radical (unpaired) electrons. The van der Waals surface area contributed by atoms with Crippen molar-refractivity contribution in [3.63, 3.8) is 0 Å². The van der Waals surface area contributed by atoms with Gasteiger partial charge < -0.3 is 5.11 Å². The first-order valence-corrected chi connectivity index (χ1v) is 5.77. The average molecular weight is 206 g/mol. The average Bonchev–Trinajstić information content (AvgIpc) is 2.17. The summed E-state index contributed by atoms with van der Waals surface area (Å²) in [4.78, 5) is 0. The summed E-state index contributed by atoms with van der Waals surface area (Å²) in [5.41, 5.74) is 2.60. The highest BCUT2D eigenvalue weighted by Crippen LogP contribution is 2.20. The highest BCUT2D eigenvalue weighted by molar-refractivity contribution is 5.25. The van der Waals surface area contributed by atoms with Crippen molar-refractivity contribution in [3.8, 4) is 0 Å². The summed E-state index contributed by atoms with van der Waals surface area (Å²) in [7, 11) is 0. The van der Waals surface area contributed by atoms with Gasteiger partial charge in [-0.2, -0.15) is 0 Å². The summed E-state index contributed by atoms with van der Waals surface area (Å²) in [5, 5.41) is 9.49. The second-order valence-corrected chi connectivity index (χ2v) is 4.87.